The average molecular weight is 371 g/mol. The summed E-state index contributed by atoms with van der Waals surface area (Å²) < 4.78 is 24.8. The van der Waals surface area contributed by atoms with Crippen molar-refractivity contribution in [3.05, 3.63) is 52.1 Å². The van der Waals surface area contributed by atoms with E-state index in [1.165, 1.54) is 25.0 Å². The maximum absolute atomic E-state index is 12.4. The van der Waals surface area contributed by atoms with E-state index in [1.54, 1.807) is 24.4 Å². The minimum Gasteiger partial charge on any atom is -0.369 e. The maximum Gasteiger partial charge on any atom is 0.182 e. The van der Waals surface area contributed by atoms with Gasteiger partial charge in [0.25, 0.3) is 0 Å². The van der Waals surface area contributed by atoms with Crippen molar-refractivity contribution < 1.29 is 8.42 Å². The number of benzene rings is 1. The van der Waals surface area contributed by atoms with Crippen LogP contribution in [0.5, 0.6) is 0 Å². The van der Waals surface area contributed by atoms with Gasteiger partial charge in [0, 0.05) is 17.8 Å². The predicted octanol–water partition coefficient (Wildman–Crippen LogP) is 4.18. The van der Waals surface area contributed by atoms with Crippen LogP contribution in [0.25, 0.3) is 0 Å². The molecule has 2 aromatic rings. The van der Waals surface area contributed by atoms with Crippen molar-refractivity contribution in [2.24, 2.45) is 5.92 Å². The summed E-state index contributed by atoms with van der Waals surface area (Å²) in [5, 5.41) is 4.13. The van der Waals surface area contributed by atoms with Crippen LogP contribution in [-0.4, -0.2) is 19.9 Å². The molecule has 1 aromatic carbocycles. The van der Waals surface area contributed by atoms with Crippen LogP contribution in [-0.2, 0) is 15.6 Å². The van der Waals surface area contributed by atoms with Crippen LogP contribution in [0.2, 0.25) is 10.0 Å². The third-order valence-electron chi connectivity index (χ3n) is 3.68. The van der Waals surface area contributed by atoms with E-state index in [2.05, 4.69) is 10.3 Å². The van der Waals surface area contributed by atoms with Gasteiger partial charge in [-0.05, 0) is 54.7 Å². The van der Waals surface area contributed by atoms with Gasteiger partial charge in [-0.2, -0.15) is 0 Å². The quantitative estimate of drug-likeness (QED) is 0.828. The second-order valence-electron chi connectivity index (χ2n) is 5.71. The van der Waals surface area contributed by atoms with E-state index >= 15 is 0 Å². The molecule has 3 rings (SSSR count). The smallest absolute Gasteiger partial charge is 0.182 e. The Bertz CT molecular complexity index is 803. The van der Waals surface area contributed by atoms with Crippen molar-refractivity contribution in [2.45, 2.75) is 23.5 Å². The van der Waals surface area contributed by atoms with Crippen LogP contribution in [0.15, 0.2) is 41.4 Å². The zero-order chi connectivity index (χ0) is 16.4. The van der Waals surface area contributed by atoms with Crippen LogP contribution in [0.3, 0.4) is 0 Å². The minimum absolute atomic E-state index is 0.149. The van der Waals surface area contributed by atoms with Crippen molar-refractivity contribution in [3.63, 3.8) is 0 Å². The summed E-state index contributed by atoms with van der Waals surface area (Å²) in [6.07, 6.45) is 4.03. The molecule has 0 saturated heterocycles. The van der Waals surface area contributed by atoms with Gasteiger partial charge >= 0.3 is 0 Å². The lowest BCUT2D eigenvalue weighted by atomic mass is 10.3. The standard InChI is InChI=1S/C16H16Cl2N2O2S/c17-13-3-5-14(6-4-13)23(21,22)10-12-7-15(18)16(20-9-12)19-8-11-1-2-11/h3-7,9,11H,1-2,8,10H2,(H,19,20). The molecular weight excluding hydrogens is 355 g/mol. The Hall–Kier alpha value is -1.30. The fourth-order valence-electron chi connectivity index (χ4n) is 2.19. The highest BCUT2D eigenvalue weighted by atomic mass is 35.5. The van der Waals surface area contributed by atoms with Crippen LogP contribution < -0.4 is 5.32 Å². The summed E-state index contributed by atoms with van der Waals surface area (Å²) in [6, 6.07) is 7.77. The van der Waals surface area contributed by atoms with Gasteiger partial charge in [0.1, 0.15) is 5.82 Å². The average Bonchev–Trinajstić information content (AvgIpc) is 3.31. The number of sulfone groups is 1. The summed E-state index contributed by atoms with van der Waals surface area (Å²) in [5.74, 6) is 1.16. The Morgan fingerprint density at radius 1 is 1.17 bits per heavy atom. The molecule has 0 unspecified atom stereocenters. The van der Waals surface area contributed by atoms with E-state index in [0.717, 1.165) is 6.54 Å². The van der Waals surface area contributed by atoms with E-state index in [0.29, 0.717) is 27.3 Å². The van der Waals surface area contributed by atoms with Gasteiger partial charge in [0.05, 0.1) is 15.7 Å². The molecule has 1 fully saturated rings. The Morgan fingerprint density at radius 2 is 1.87 bits per heavy atom. The van der Waals surface area contributed by atoms with Gasteiger partial charge in [-0.15, -0.1) is 0 Å². The zero-order valence-corrected chi connectivity index (χ0v) is 14.6. The second-order valence-corrected chi connectivity index (χ2v) is 8.54. The lowest BCUT2D eigenvalue weighted by Crippen LogP contribution is -2.08. The molecule has 1 saturated carbocycles. The summed E-state index contributed by atoms with van der Waals surface area (Å²) in [4.78, 5) is 4.47. The highest BCUT2D eigenvalue weighted by molar-refractivity contribution is 7.90. The first kappa shape index (κ1) is 16.6. The summed E-state index contributed by atoms with van der Waals surface area (Å²) in [7, 11) is -3.45. The van der Waals surface area contributed by atoms with E-state index in [4.69, 9.17) is 23.2 Å². The topological polar surface area (TPSA) is 59.1 Å². The van der Waals surface area contributed by atoms with Crippen LogP contribution in [0.4, 0.5) is 5.82 Å². The molecule has 1 heterocycles. The molecule has 4 nitrogen and oxygen atoms in total. The first-order valence-corrected chi connectivity index (χ1v) is 9.71. The van der Waals surface area contributed by atoms with Gasteiger partial charge < -0.3 is 5.32 Å². The number of hydrogen-bond donors (Lipinski definition) is 1. The van der Waals surface area contributed by atoms with E-state index < -0.39 is 9.84 Å². The van der Waals surface area contributed by atoms with E-state index in [1.807, 2.05) is 0 Å². The van der Waals surface area contributed by atoms with Gasteiger partial charge in [0.15, 0.2) is 9.84 Å². The van der Waals surface area contributed by atoms with Crippen molar-refractivity contribution in [1.82, 2.24) is 4.98 Å². The SMILES string of the molecule is O=S(=O)(Cc1cnc(NCC2CC2)c(Cl)c1)c1ccc(Cl)cc1. The Labute approximate surface area is 145 Å². The molecule has 1 aromatic heterocycles. The van der Waals surface area contributed by atoms with E-state index in [-0.39, 0.29) is 10.6 Å². The Kier molecular flexibility index (Phi) is 4.80. The minimum atomic E-state index is -3.45. The van der Waals surface area contributed by atoms with Crippen molar-refractivity contribution in [2.75, 3.05) is 11.9 Å². The van der Waals surface area contributed by atoms with Gasteiger partial charge in [-0.3, -0.25) is 0 Å². The van der Waals surface area contributed by atoms with Crippen LogP contribution >= 0.6 is 23.2 Å². The summed E-state index contributed by atoms with van der Waals surface area (Å²) in [6.45, 7) is 0.856. The Balaban J connectivity index is 1.73. The third-order valence-corrected chi connectivity index (χ3v) is 5.93. The number of nitrogens with zero attached hydrogens (tertiary/aromatic N) is 1. The molecule has 122 valence electrons. The second kappa shape index (κ2) is 6.67. The van der Waals surface area contributed by atoms with Gasteiger partial charge in [-0.25, -0.2) is 13.4 Å². The number of nitrogens with one attached hydrogen (secondary N) is 1. The maximum atomic E-state index is 12.4. The molecule has 7 heteroatoms. The number of rotatable bonds is 6. The van der Waals surface area contributed by atoms with Crippen molar-refractivity contribution >= 4 is 38.9 Å². The molecule has 23 heavy (non-hydrogen) atoms. The fourth-order valence-corrected chi connectivity index (χ4v) is 3.89. The summed E-state index contributed by atoms with van der Waals surface area (Å²) in [5.41, 5.74) is 0.557. The van der Waals surface area contributed by atoms with Gasteiger partial charge in [-0.1, -0.05) is 23.2 Å². The highest BCUT2D eigenvalue weighted by Gasteiger charge is 2.21. The van der Waals surface area contributed by atoms with E-state index in [9.17, 15) is 8.42 Å². The number of aromatic nitrogens is 1. The molecule has 1 aliphatic carbocycles. The number of pyridine rings is 1. The number of anilines is 1. The zero-order valence-electron chi connectivity index (χ0n) is 12.3. The highest BCUT2D eigenvalue weighted by Crippen LogP contribution is 2.30. The molecule has 0 aliphatic heterocycles. The molecule has 1 aliphatic rings. The first-order chi connectivity index (χ1) is 10.9. The number of halogens is 2. The molecule has 0 radical (unpaired) electrons. The normalized spacial score (nSPS) is 14.7. The molecule has 1 N–H and O–H groups in total. The largest absolute Gasteiger partial charge is 0.369 e. The van der Waals surface area contributed by atoms with Crippen LogP contribution in [0.1, 0.15) is 18.4 Å². The first-order valence-electron chi connectivity index (χ1n) is 7.31. The summed E-state index contributed by atoms with van der Waals surface area (Å²) >= 11 is 12.0. The van der Waals surface area contributed by atoms with Crippen LogP contribution in [0, 0.1) is 5.92 Å². The van der Waals surface area contributed by atoms with Gasteiger partial charge in [0.2, 0.25) is 0 Å². The van der Waals surface area contributed by atoms with Crippen molar-refractivity contribution in [1.29, 1.82) is 0 Å². The molecule has 0 amide bonds. The lowest BCUT2D eigenvalue weighted by molar-refractivity contribution is 0.595. The molecule has 0 spiro atoms. The fraction of sp³-hybridized carbons (Fsp3) is 0.312. The molecule has 0 bridgehead atoms. The Morgan fingerprint density at radius 3 is 2.48 bits per heavy atom. The lowest BCUT2D eigenvalue weighted by Gasteiger charge is -2.09. The number of hydrogen-bond acceptors (Lipinski definition) is 4. The monoisotopic (exact) mass is 370 g/mol. The molecular formula is C16H16Cl2N2O2S. The molecule has 0 atom stereocenters. The third kappa shape index (κ3) is 4.37. The predicted molar refractivity (Wildman–Crippen MR) is 92.8 cm³/mol. The van der Waals surface area contributed by atoms with Crippen molar-refractivity contribution in [3.8, 4) is 0 Å².